The van der Waals surface area contributed by atoms with Gasteiger partial charge < -0.3 is 11.1 Å². The van der Waals surface area contributed by atoms with Crippen LogP contribution in [0, 0.1) is 5.82 Å². The number of hydrogen-bond acceptors (Lipinski definition) is 4. The number of nitrogens with one attached hydrogen (secondary N) is 1. The molecular formula is C15H19FN4. The minimum atomic E-state index is -0.289. The largest absolute Gasteiger partial charge is 0.384 e. The lowest BCUT2D eigenvalue weighted by Gasteiger charge is -2.18. The molecule has 0 aliphatic heterocycles. The van der Waals surface area contributed by atoms with Gasteiger partial charge in [-0.1, -0.05) is 6.92 Å². The van der Waals surface area contributed by atoms with Crippen molar-refractivity contribution in [1.29, 1.82) is 0 Å². The molecule has 0 spiro atoms. The zero-order chi connectivity index (χ0) is 14.4. The van der Waals surface area contributed by atoms with Gasteiger partial charge in [0.2, 0.25) is 0 Å². The number of halogens is 1. The minimum Gasteiger partial charge on any atom is -0.384 e. The van der Waals surface area contributed by atoms with Crippen LogP contribution in [0.15, 0.2) is 36.7 Å². The number of nitrogen functional groups attached to an aromatic ring is 1. The standard InChI is InChI=1S/C15H19FN4/c1-2-6-18-13(15-12(16)4-3-7-20-15)9-11-5-8-19-14(17)10-11/h3-5,7-8,10,13,18H,2,6,9H2,1H3,(H2,17,19). The molecule has 0 fully saturated rings. The third-order valence-corrected chi connectivity index (χ3v) is 3.04. The number of hydrogen-bond donors (Lipinski definition) is 2. The van der Waals surface area contributed by atoms with E-state index in [0.717, 1.165) is 18.5 Å². The summed E-state index contributed by atoms with van der Waals surface area (Å²) in [5, 5.41) is 3.33. The van der Waals surface area contributed by atoms with Gasteiger partial charge in [0, 0.05) is 12.4 Å². The SMILES string of the molecule is CCCNC(Cc1ccnc(N)c1)c1ncccc1F. The van der Waals surface area contributed by atoms with Crippen LogP contribution in [-0.2, 0) is 6.42 Å². The fraction of sp³-hybridized carbons (Fsp3) is 0.333. The van der Waals surface area contributed by atoms with E-state index in [1.54, 1.807) is 18.5 Å². The molecule has 2 heterocycles. The van der Waals surface area contributed by atoms with E-state index in [2.05, 4.69) is 22.2 Å². The molecule has 0 saturated carbocycles. The van der Waals surface area contributed by atoms with Crippen molar-refractivity contribution in [2.24, 2.45) is 0 Å². The van der Waals surface area contributed by atoms with Crippen molar-refractivity contribution in [3.05, 3.63) is 53.7 Å². The van der Waals surface area contributed by atoms with Gasteiger partial charge in [-0.25, -0.2) is 9.37 Å². The molecule has 0 bridgehead atoms. The molecule has 2 rings (SSSR count). The normalized spacial score (nSPS) is 12.3. The van der Waals surface area contributed by atoms with Crippen molar-refractivity contribution >= 4 is 5.82 Å². The van der Waals surface area contributed by atoms with Crippen molar-refractivity contribution in [1.82, 2.24) is 15.3 Å². The third kappa shape index (κ3) is 3.74. The Labute approximate surface area is 118 Å². The lowest BCUT2D eigenvalue weighted by Crippen LogP contribution is -2.26. The van der Waals surface area contributed by atoms with Gasteiger partial charge in [0.1, 0.15) is 11.6 Å². The zero-order valence-electron chi connectivity index (χ0n) is 11.5. The molecule has 1 atom stereocenters. The van der Waals surface area contributed by atoms with Crippen LogP contribution in [-0.4, -0.2) is 16.5 Å². The van der Waals surface area contributed by atoms with Crippen LogP contribution >= 0.6 is 0 Å². The number of anilines is 1. The van der Waals surface area contributed by atoms with Crippen LogP contribution in [0.1, 0.15) is 30.6 Å². The Morgan fingerprint density at radius 2 is 2.15 bits per heavy atom. The molecule has 1 unspecified atom stereocenters. The van der Waals surface area contributed by atoms with E-state index in [1.165, 1.54) is 6.07 Å². The Morgan fingerprint density at radius 1 is 1.30 bits per heavy atom. The molecule has 4 nitrogen and oxygen atoms in total. The van der Waals surface area contributed by atoms with Gasteiger partial charge in [-0.05, 0) is 49.2 Å². The molecule has 0 radical (unpaired) electrons. The first-order valence-electron chi connectivity index (χ1n) is 6.75. The summed E-state index contributed by atoms with van der Waals surface area (Å²) in [5.74, 6) is 0.182. The van der Waals surface area contributed by atoms with E-state index in [1.807, 2.05) is 12.1 Å². The van der Waals surface area contributed by atoms with Gasteiger partial charge in [0.15, 0.2) is 0 Å². The smallest absolute Gasteiger partial charge is 0.146 e. The maximum absolute atomic E-state index is 13.9. The topological polar surface area (TPSA) is 63.8 Å². The maximum Gasteiger partial charge on any atom is 0.146 e. The molecule has 0 aliphatic carbocycles. The highest BCUT2D eigenvalue weighted by Gasteiger charge is 2.17. The Bertz CT molecular complexity index is 559. The number of aromatic nitrogens is 2. The van der Waals surface area contributed by atoms with Gasteiger partial charge in [-0.15, -0.1) is 0 Å². The van der Waals surface area contributed by atoms with Crippen LogP contribution in [0.25, 0.3) is 0 Å². The summed E-state index contributed by atoms with van der Waals surface area (Å²) in [5.41, 5.74) is 7.13. The van der Waals surface area contributed by atoms with Gasteiger partial charge >= 0.3 is 0 Å². The first-order chi connectivity index (χ1) is 9.70. The van der Waals surface area contributed by atoms with Crippen LogP contribution in [0.5, 0.6) is 0 Å². The minimum absolute atomic E-state index is 0.169. The van der Waals surface area contributed by atoms with Gasteiger partial charge in [-0.2, -0.15) is 0 Å². The molecule has 106 valence electrons. The molecule has 20 heavy (non-hydrogen) atoms. The highest BCUT2D eigenvalue weighted by molar-refractivity contribution is 5.32. The van der Waals surface area contributed by atoms with Crippen LogP contribution in [0.2, 0.25) is 0 Å². The number of rotatable bonds is 6. The zero-order valence-corrected chi connectivity index (χ0v) is 11.5. The highest BCUT2D eigenvalue weighted by atomic mass is 19.1. The van der Waals surface area contributed by atoms with Crippen LogP contribution in [0.4, 0.5) is 10.2 Å². The first kappa shape index (κ1) is 14.4. The average molecular weight is 274 g/mol. The molecular weight excluding hydrogens is 255 g/mol. The van der Waals surface area contributed by atoms with Gasteiger partial charge in [0.05, 0.1) is 11.7 Å². The molecule has 2 aromatic rings. The second kappa shape index (κ2) is 6.96. The van der Waals surface area contributed by atoms with Gasteiger partial charge in [0.25, 0.3) is 0 Å². The summed E-state index contributed by atoms with van der Waals surface area (Å²) < 4.78 is 13.9. The van der Waals surface area contributed by atoms with Crippen molar-refractivity contribution < 1.29 is 4.39 Å². The Balaban J connectivity index is 2.22. The lowest BCUT2D eigenvalue weighted by molar-refractivity contribution is 0.483. The van der Waals surface area contributed by atoms with E-state index in [9.17, 15) is 4.39 Å². The van der Waals surface area contributed by atoms with E-state index in [0.29, 0.717) is 17.9 Å². The Morgan fingerprint density at radius 3 is 2.85 bits per heavy atom. The van der Waals surface area contributed by atoms with E-state index >= 15 is 0 Å². The summed E-state index contributed by atoms with van der Waals surface area (Å²) in [6, 6.07) is 6.56. The number of pyridine rings is 2. The molecule has 0 saturated heterocycles. The van der Waals surface area contributed by atoms with Crippen LogP contribution < -0.4 is 11.1 Å². The predicted molar refractivity (Wildman–Crippen MR) is 77.6 cm³/mol. The lowest BCUT2D eigenvalue weighted by atomic mass is 10.0. The monoisotopic (exact) mass is 274 g/mol. The number of nitrogens with two attached hydrogens (primary N) is 1. The Hall–Kier alpha value is -2.01. The fourth-order valence-electron chi connectivity index (χ4n) is 2.10. The molecule has 0 aliphatic rings. The molecule has 0 amide bonds. The molecule has 3 N–H and O–H groups in total. The molecule has 2 aromatic heterocycles. The summed E-state index contributed by atoms with van der Waals surface area (Å²) in [6.45, 7) is 2.88. The van der Waals surface area contributed by atoms with Crippen molar-refractivity contribution in [2.45, 2.75) is 25.8 Å². The van der Waals surface area contributed by atoms with E-state index < -0.39 is 0 Å². The summed E-state index contributed by atoms with van der Waals surface area (Å²) in [7, 11) is 0. The van der Waals surface area contributed by atoms with E-state index in [4.69, 9.17) is 5.73 Å². The number of nitrogens with zero attached hydrogens (tertiary/aromatic N) is 2. The Kier molecular flexibility index (Phi) is 5.01. The van der Waals surface area contributed by atoms with Gasteiger partial charge in [-0.3, -0.25) is 4.98 Å². The fourth-order valence-corrected chi connectivity index (χ4v) is 2.10. The molecule has 5 heteroatoms. The second-order valence-corrected chi connectivity index (χ2v) is 4.67. The second-order valence-electron chi connectivity index (χ2n) is 4.67. The van der Waals surface area contributed by atoms with Crippen molar-refractivity contribution in [3.63, 3.8) is 0 Å². The maximum atomic E-state index is 13.9. The summed E-state index contributed by atoms with van der Waals surface area (Å²) >= 11 is 0. The molecule has 0 aromatic carbocycles. The average Bonchev–Trinajstić information content (AvgIpc) is 2.44. The quantitative estimate of drug-likeness (QED) is 0.849. The first-order valence-corrected chi connectivity index (χ1v) is 6.75. The predicted octanol–water partition coefficient (Wildman–Crippen LogP) is 2.48. The van der Waals surface area contributed by atoms with E-state index in [-0.39, 0.29) is 11.9 Å². The highest BCUT2D eigenvalue weighted by Crippen LogP contribution is 2.19. The third-order valence-electron chi connectivity index (χ3n) is 3.04. The van der Waals surface area contributed by atoms with Crippen molar-refractivity contribution in [2.75, 3.05) is 12.3 Å². The summed E-state index contributed by atoms with van der Waals surface area (Å²) in [4.78, 5) is 8.13. The summed E-state index contributed by atoms with van der Waals surface area (Å²) in [6.07, 6.45) is 4.88. The van der Waals surface area contributed by atoms with Crippen molar-refractivity contribution in [3.8, 4) is 0 Å². The van der Waals surface area contributed by atoms with Crippen LogP contribution in [0.3, 0.4) is 0 Å².